The number of nitrogens with zero attached hydrogens (tertiary/aromatic N) is 2. The first-order chi connectivity index (χ1) is 9.86. The van der Waals surface area contributed by atoms with Crippen molar-refractivity contribution in [3.8, 4) is 0 Å². The monoisotopic (exact) mass is 296 g/mol. The Morgan fingerprint density at radius 1 is 0.900 bits per heavy atom. The lowest BCUT2D eigenvalue weighted by Gasteiger charge is -2.21. The molecular weight excluding hydrogens is 264 g/mol. The molecule has 0 bridgehead atoms. The topological polar surface area (TPSA) is 16.1 Å². The van der Waals surface area contributed by atoms with Gasteiger partial charge in [-0.15, -0.1) is 11.3 Å². The number of hydrogen-bond acceptors (Lipinski definition) is 3. The highest BCUT2D eigenvalue weighted by molar-refractivity contribution is 7.09. The molecule has 1 rings (SSSR count). The average Bonchev–Trinajstić information content (AvgIpc) is 2.97. The summed E-state index contributed by atoms with van der Waals surface area (Å²) in [5.41, 5.74) is 0. The first-order valence-electron chi connectivity index (χ1n) is 8.47. The van der Waals surface area contributed by atoms with Crippen molar-refractivity contribution in [2.75, 3.05) is 19.6 Å². The van der Waals surface area contributed by atoms with E-state index in [1.165, 1.54) is 76.0 Å². The zero-order chi connectivity index (χ0) is 14.5. The fourth-order valence-corrected chi connectivity index (χ4v) is 3.10. The van der Waals surface area contributed by atoms with Crippen LogP contribution in [0.3, 0.4) is 0 Å². The Balaban J connectivity index is 2.21. The SMILES string of the molecule is CCCCCCN(CCCCCC)CCc1nccs1. The van der Waals surface area contributed by atoms with Crippen LogP contribution in [0.1, 0.15) is 70.2 Å². The van der Waals surface area contributed by atoms with Gasteiger partial charge in [0, 0.05) is 24.5 Å². The van der Waals surface area contributed by atoms with E-state index < -0.39 is 0 Å². The summed E-state index contributed by atoms with van der Waals surface area (Å²) in [6.45, 7) is 8.30. The molecule has 0 amide bonds. The summed E-state index contributed by atoms with van der Waals surface area (Å²) in [6.07, 6.45) is 14.0. The van der Waals surface area contributed by atoms with Gasteiger partial charge in [-0.1, -0.05) is 52.4 Å². The summed E-state index contributed by atoms with van der Waals surface area (Å²) in [4.78, 5) is 7.06. The van der Waals surface area contributed by atoms with Crippen molar-refractivity contribution in [2.24, 2.45) is 0 Å². The van der Waals surface area contributed by atoms with Crippen molar-refractivity contribution in [1.29, 1.82) is 0 Å². The second-order valence-corrected chi connectivity index (χ2v) is 6.62. The predicted octanol–water partition coefficient (Wildman–Crippen LogP) is 5.15. The van der Waals surface area contributed by atoms with Gasteiger partial charge in [-0.05, 0) is 25.9 Å². The lowest BCUT2D eigenvalue weighted by Crippen LogP contribution is -2.28. The van der Waals surface area contributed by atoms with Gasteiger partial charge in [-0.25, -0.2) is 4.98 Å². The molecule has 0 aliphatic carbocycles. The van der Waals surface area contributed by atoms with E-state index in [-0.39, 0.29) is 0 Å². The lowest BCUT2D eigenvalue weighted by molar-refractivity contribution is 0.263. The van der Waals surface area contributed by atoms with E-state index in [9.17, 15) is 0 Å². The zero-order valence-electron chi connectivity index (χ0n) is 13.4. The molecule has 1 heterocycles. The van der Waals surface area contributed by atoms with Crippen LogP contribution in [-0.4, -0.2) is 29.5 Å². The maximum Gasteiger partial charge on any atom is 0.0937 e. The van der Waals surface area contributed by atoms with E-state index in [4.69, 9.17) is 0 Å². The second kappa shape index (κ2) is 12.3. The highest BCUT2D eigenvalue weighted by Crippen LogP contribution is 2.09. The van der Waals surface area contributed by atoms with Crippen LogP contribution in [0.4, 0.5) is 0 Å². The van der Waals surface area contributed by atoms with Crippen molar-refractivity contribution >= 4 is 11.3 Å². The van der Waals surface area contributed by atoms with Crippen molar-refractivity contribution in [1.82, 2.24) is 9.88 Å². The normalized spacial score (nSPS) is 11.3. The minimum atomic E-state index is 1.12. The summed E-state index contributed by atoms with van der Waals surface area (Å²) >= 11 is 1.79. The van der Waals surface area contributed by atoms with E-state index in [1.807, 2.05) is 6.20 Å². The minimum absolute atomic E-state index is 1.12. The smallest absolute Gasteiger partial charge is 0.0937 e. The Kier molecular flexibility index (Phi) is 10.9. The summed E-state index contributed by atoms with van der Waals surface area (Å²) in [7, 11) is 0. The van der Waals surface area contributed by atoms with Gasteiger partial charge in [-0.2, -0.15) is 0 Å². The summed E-state index contributed by atoms with van der Waals surface area (Å²) in [5.74, 6) is 0. The minimum Gasteiger partial charge on any atom is -0.303 e. The number of rotatable bonds is 13. The molecule has 0 atom stereocenters. The molecule has 20 heavy (non-hydrogen) atoms. The predicted molar refractivity (Wildman–Crippen MR) is 90.5 cm³/mol. The highest BCUT2D eigenvalue weighted by Gasteiger charge is 2.06. The molecule has 0 aromatic carbocycles. The van der Waals surface area contributed by atoms with Gasteiger partial charge in [0.2, 0.25) is 0 Å². The molecule has 0 saturated carbocycles. The van der Waals surface area contributed by atoms with Gasteiger partial charge >= 0.3 is 0 Å². The Hall–Kier alpha value is -0.410. The molecule has 0 spiro atoms. The molecule has 0 saturated heterocycles. The molecule has 2 nitrogen and oxygen atoms in total. The van der Waals surface area contributed by atoms with Gasteiger partial charge in [0.25, 0.3) is 0 Å². The van der Waals surface area contributed by atoms with Gasteiger partial charge in [-0.3, -0.25) is 0 Å². The van der Waals surface area contributed by atoms with E-state index >= 15 is 0 Å². The number of thiazole rings is 1. The first kappa shape index (κ1) is 17.6. The first-order valence-corrected chi connectivity index (χ1v) is 9.35. The molecule has 1 aromatic rings. The average molecular weight is 297 g/mol. The molecule has 116 valence electrons. The van der Waals surface area contributed by atoms with Crippen molar-refractivity contribution < 1.29 is 0 Å². The number of unbranched alkanes of at least 4 members (excludes halogenated alkanes) is 6. The van der Waals surface area contributed by atoms with Crippen LogP contribution in [0, 0.1) is 0 Å². The van der Waals surface area contributed by atoms with Gasteiger partial charge in [0.1, 0.15) is 0 Å². The van der Waals surface area contributed by atoms with Crippen LogP contribution in [0.25, 0.3) is 0 Å². The van der Waals surface area contributed by atoms with Crippen LogP contribution in [-0.2, 0) is 6.42 Å². The van der Waals surface area contributed by atoms with E-state index in [0.717, 1.165) is 6.42 Å². The summed E-state index contributed by atoms with van der Waals surface area (Å²) in [6, 6.07) is 0. The molecule has 0 unspecified atom stereocenters. The Bertz CT molecular complexity index is 286. The molecule has 3 heteroatoms. The Morgan fingerprint density at radius 2 is 1.55 bits per heavy atom. The molecule has 0 radical (unpaired) electrons. The Morgan fingerprint density at radius 3 is 2.05 bits per heavy atom. The fraction of sp³-hybridized carbons (Fsp3) is 0.824. The lowest BCUT2D eigenvalue weighted by atomic mass is 10.1. The number of aromatic nitrogens is 1. The van der Waals surface area contributed by atoms with Crippen molar-refractivity contribution in [3.63, 3.8) is 0 Å². The molecule has 1 aromatic heterocycles. The molecule has 0 aliphatic heterocycles. The zero-order valence-corrected chi connectivity index (χ0v) is 14.3. The highest BCUT2D eigenvalue weighted by atomic mass is 32.1. The molecule has 0 N–H and O–H groups in total. The second-order valence-electron chi connectivity index (χ2n) is 5.64. The van der Waals surface area contributed by atoms with E-state index in [0.29, 0.717) is 0 Å². The third kappa shape index (κ3) is 8.70. The van der Waals surface area contributed by atoms with Crippen LogP contribution in [0.2, 0.25) is 0 Å². The molecular formula is C17H32N2S. The van der Waals surface area contributed by atoms with Crippen molar-refractivity contribution in [3.05, 3.63) is 16.6 Å². The van der Waals surface area contributed by atoms with E-state index in [2.05, 4.69) is 29.1 Å². The quantitative estimate of drug-likeness (QED) is 0.468. The van der Waals surface area contributed by atoms with Crippen LogP contribution < -0.4 is 0 Å². The van der Waals surface area contributed by atoms with Gasteiger partial charge < -0.3 is 4.90 Å². The van der Waals surface area contributed by atoms with Gasteiger partial charge in [0.05, 0.1) is 5.01 Å². The van der Waals surface area contributed by atoms with E-state index in [1.54, 1.807) is 11.3 Å². The Labute approximate surface area is 129 Å². The largest absolute Gasteiger partial charge is 0.303 e. The third-order valence-corrected chi connectivity index (χ3v) is 4.62. The molecule has 0 aliphatic rings. The van der Waals surface area contributed by atoms with Crippen molar-refractivity contribution in [2.45, 2.75) is 71.6 Å². The maximum atomic E-state index is 4.40. The van der Waals surface area contributed by atoms with Crippen LogP contribution in [0.5, 0.6) is 0 Å². The van der Waals surface area contributed by atoms with Gasteiger partial charge in [0.15, 0.2) is 0 Å². The summed E-state index contributed by atoms with van der Waals surface area (Å²) in [5, 5.41) is 3.37. The molecule has 0 fully saturated rings. The summed E-state index contributed by atoms with van der Waals surface area (Å²) < 4.78 is 0. The maximum absolute atomic E-state index is 4.40. The standard InChI is InChI=1S/C17H32N2S/c1-3-5-7-9-13-19(14-10-8-6-4-2)15-11-17-18-12-16-20-17/h12,16H,3-11,13-15H2,1-2H3. The third-order valence-electron chi connectivity index (χ3n) is 3.78. The van der Waals surface area contributed by atoms with Crippen LogP contribution >= 0.6 is 11.3 Å². The fourth-order valence-electron chi connectivity index (χ4n) is 2.49. The number of hydrogen-bond donors (Lipinski definition) is 0. The van der Waals surface area contributed by atoms with Crippen LogP contribution in [0.15, 0.2) is 11.6 Å².